The Kier molecular flexibility index (Phi) is 6.29. The van der Waals surface area contributed by atoms with Gasteiger partial charge in [-0.05, 0) is 19.1 Å². The van der Waals surface area contributed by atoms with Crippen LogP contribution >= 0.6 is 0 Å². The molecule has 1 aliphatic heterocycles. The summed E-state index contributed by atoms with van der Waals surface area (Å²) in [6, 6.07) is 15.4. The number of carbonyl (C=O) groups is 1. The fraction of sp³-hybridized carbons (Fsp3) is 0.348. The van der Waals surface area contributed by atoms with Crippen molar-refractivity contribution in [2.45, 2.75) is 13.2 Å². The molecule has 1 aliphatic rings. The van der Waals surface area contributed by atoms with Gasteiger partial charge < -0.3 is 14.4 Å². The highest BCUT2D eigenvalue weighted by molar-refractivity contribution is 5.93. The smallest absolute Gasteiger partial charge is 0.274 e. The zero-order valence-corrected chi connectivity index (χ0v) is 18.1. The fourth-order valence-corrected chi connectivity index (χ4v) is 3.72. The van der Waals surface area contributed by atoms with Gasteiger partial charge in [-0.1, -0.05) is 30.3 Å². The summed E-state index contributed by atoms with van der Waals surface area (Å²) in [4.78, 5) is 21.6. The van der Waals surface area contributed by atoms with E-state index in [2.05, 4.69) is 15.0 Å². The van der Waals surface area contributed by atoms with Crippen LogP contribution in [0.5, 0.6) is 5.88 Å². The maximum absolute atomic E-state index is 13.2. The van der Waals surface area contributed by atoms with Crippen molar-refractivity contribution in [3.63, 3.8) is 0 Å². The number of hydrogen-bond donors (Lipinski definition) is 0. The predicted octanol–water partition coefficient (Wildman–Crippen LogP) is 2.69. The highest BCUT2D eigenvalue weighted by Crippen LogP contribution is 2.25. The van der Waals surface area contributed by atoms with E-state index in [9.17, 15) is 4.79 Å². The number of amides is 1. The molecule has 8 nitrogen and oxygen atoms in total. The Morgan fingerprint density at radius 2 is 1.77 bits per heavy atom. The fourth-order valence-electron chi connectivity index (χ4n) is 3.72. The first-order valence-electron chi connectivity index (χ1n) is 10.3. The van der Waals surface area contributed by atoms with Crippen LogP contribution in [0.4, 0.5) is 0 Å². The van der Waals surface area contributed by atoms with Gasteiger partial charge in [0.1, 0.15) is 6.23 Å². The average molecular weight is 422 g/mol. The van der Waals surface area contributed by atoms with Gasteiger partial charge in [-0.15, -0.1) is 0 Å². The second-order valence-electron chi connectivity index (χ2n) is 7.41. The third-order valence-electron chi connectivity index (χ3n) is 5.63. The molecule has 31 heavy (non-hydrogen) atoms. The third-order valence-corrected chi connectivity index (χ3v) is 5.63. The number of rotatable bonds is 6. The van der Waals surface area contributed by atoms with Gasteiger partial charge >= 0.3 is 0 Å². The lowest BCUT2D eigenvalue weighted by Gasteiger charge is -2.37. The Balaban J connectivity index is 1.63. The maximum atomic E-state index is 13.2. The lowest BCUT2D eigenvalue weighted by atomic mass is 10.1. The summed E-state index contributed by atoms with van der Waals surface area (Å²) >= 11 is 0. The summed E-state index contributed by atoms with van der Waals surface area (Å²) in [5, 5.41) is 4.66. The summed E-state index contributed by atoms with van der Waals surface area (Å²) in [5.41, 5.74) is 2.99. The van der Waals surface area contributed by atoms with Crippen LogP contribution in [0.25, 0.3) is 16.9 Å². The molecule has 0 aliphatic carbocycles. The second kappa shape index (κ2) is 9.28. The van der Waals surface area contributed by atoms with Gasteiger partial charge in [0.2, 0.25) is 5.88 Å². The van der Waals surface area contributed by atoms with Gasteiger partial charge in [0.25, 0.3) is 5.91 Å². The molecular formula is C23H27N5O3. The van der Waals surface area contributed by atoms with Crippen molar-refractivity contribution < 1.29 is 14.3 Å². The molecule has 0 radical (unpaired) electrons. The molecule has 2 aromatic heterocycles. The molecule has 3 aromatic rings. The quantitative estimate of drug-likeness (QED) is 0.609. The van der Waals surface area contributed by atoms with E-state index >= 15 is 0 Å². The Hall–Kier alpha value is -3.23. The van der Waals surface area contributed by atoms with Crippen LogP contribution < -0.4 is 4.74 Å². The molecule has 0 N–H and O–H groups in total. The van der Waals surface area contributed by atoms with E-state index in [4.69, 9.17) is 9.47 Å². The monoisotopic (exact) mass is 421 g/mol. The standard InChI is InChI=1S/C23H27N5O3/c1-17(30-2)26-11-13-27(14-12-26)23(29)20-15-21(18-7-5-4-6-8-18)28(25-20)19-9-10-22(31-3)24-16-19/h4-10,15-17H,11-14H2,1-3H3. The molecule has 8 heteroatoms. The SMILES string of the molecule is COc1ccc(-n2nc(C(=O)N3CCN(C(C)OC)CC3)cc2-c2ccccc2)cn1. The molecule has 1 atom stereocenters. The molecule has 1 fully saturated rings. The highest BCUT2D eigenvalue weighted by Gasteiger charge is 2.27. The normalized spacial score (nSPS) is 15.6. The Morgan fingerprint density at radius 3 is 2.39 bits per heavy atom. The van der Waals surface area contributed by atoms with Crippen LogP contribution in [0.2, 0.25) is 0 Å². The van der Waals surface area contributed by atoms with E-state index < -0.39 is 0 Å². The number of nitrogens with zero attached hydrogens (tertiary/aromatic N) is 5. The molecule has 0 spiro atoms. The van der Waals surface area contributed by atoms with E-state index in [1.807, 2.05) is 54.3 Å². The summed E-state index contributed by atoms with van der Waals surface area (Å²) in [6.45, 7) is 4.85. The van der Waals surface area contributed by atoms with Gasteiger partial charge in [-0.3, -0.25) is 9.69 Å². The molecular weight excluding hydrogens is 394 g/mol. The van der Waals surface area contributed by atoms with Gasteiger partial charge in [0.05, 0.1) is 24.7 Å². The van der Waals surface area contributed by atoms with Crippen molar-refractivity contribution in [3.05, 3.63) is 60.4 Å². The second-order valence-corrected chi connectivity index (χ2v) is 7.41. The number of hydrogen-bond acceptors (Lipinski definition) is 6. The molecule has 3 heterocycles. The number of carbonyl (C=O) groups excluding carboxylic acids is 1. The van der Waals surface area contributed by atoms with E-state index in [1.54, 1.807) is 31.2 Å². The summed E-state index contributed by atoms with van der Waals surface area (Å²) < 4.78 is 12.3. The summed E-state index contributed by atoms with van der Waals surface area (Å²) in [7, 11) is 3.28. The van der Waals surface area contributed by atoms with Crippen molar-refractivity contribution >= 4 is 5.91 Å². The molecule has 0 saturated carbocycles. The Labute approximate surface area is 182 Å². The minimum absolute atomic E-state index is 0.0451. The summed E-state index contributed by atoms with van der Waals surface area (Å²) in [6.07, 6.45) is 1.74. The molecule has 1 aromatic carbocycles. The maximum Gasteiger partial charge on any atom is 0.274 e. The van der Waals surface area contributed by atoms with Gasteiger partial charge in [0, 0.05) is 44.9 Å². The first kappa shape index (κ1) is 21.0. The lowest BCUT2D eigenvalue weighted by Crippen LogP contribution is -2.51. The van der Waals surface area contributed by atoms with Crippen molar-refractivity contribution in [3.8, 4) is 22.8 Å². The highest BCUT2D eigenvalue weighted by atomic mass is 16.5. The minimum atomic E-state index is -0.0675. The van der Waals surface area contributed by atoms with Crippen LogP contribution in [0.3, 0.4) is 0 Å². The molecule has 0 bridgehead atoms. The Morgan fingerprint density at radius 1 is 1.03 bits per heavy atom. The van der Waals surface area contributed by atoms with Crippen molar-refractivity contribution in [2.24, 2.45) is 0 Å². The molecule has 1 amide bonds. The number of piperazine rings is 1. The number of pyridine rings is 1. The molecule has 4 rings (SSSR count). The number of ether oxygens (including phenoxy) is 2. The topological polar surface area (TPSA) is 72.7 Å². The predicted molar refractivity (Wildman–Crippen MR) is 117 cm³/mol. The number of benzene rings is 1. The van der Waals surface area contributed by atoms with E-state index in [1.165, 1.54) is 0 Å². The zero-order valence-electron chi connectivity index (χ0n) is 18.1. The average Bonchev–Trinajstić information content (AvgIpc) is 3.29. The van der Waals surface area contributed by atoms with Gasteiger partial charge in [-0.2, -0.15) is 5.10 Å². The minimum Gasteiger partial charge on any atom is -0.481 e. The first-order valence-corrected chi connectivity index (χ1v) is 10.3. The van der Waals surface area contributed by atoms with Crippen LogP contribution in [0.1, 0.15) is 17.4 Å². The molecule has 1 unspecified atom stereocenters. The molecule has 162 valence electrons. The van der Waals surface area contributed by atoms with Crippen molar-refractivity contribution in [1.82, 2.24) is 24.6 Å². The zero-order chi connectivity index (χ0) is 21.8. The number of aromatic nitrogens is 3. The Bertz CT molecular complexity index is 1010. The van der Waals surface area contributed by atoms with E-state index in [0.29, 0.717) is 24.7 Å². The van der Waals surface area contributed by atoms with Crippen molar-refractivity contribution in [1.29, 1.82) is 0 Å². The van der Waals surface area contributed by atoms with E-state index in [0.717, 1.165) is 30.0 Å². The van der Waals surface area contributed by atoms with Gasteiger partial charge in [-0.25, -0.2) is 9.67 Å². The van der Waals surface area contributed by atoms with Crippen molar-refractivity contribution in [2.75, 3.05) is 40.4 Å². The lowest BCUT2D eigenvalue weighted by molar-refractivity contribution is -0.0384. The van der Waals surface area contributed by atoms with Crippen LogP contribution in [-0.2, 0) is 4.74 Å². The number of methoxy groups -OCH3 is 2. The van der Waals surface area contributed by atoms with Crippen LogP contribution in [0.15, 0.2) is 54.7 Å². The largest absolute Gasteiger partial charge is 0.481 e. The molecule has 1 saturated heterocycles. The van der Waals surface area contributed by atoms with E-state index in [-0.39, 0.29) is 12.1 Å². The third kappa shape index (κ3) is 4.45. The van der Waals surface area contributed by atoms with Crippen LogP contribution in [-0.4, -0.2) is 77.1 Å². The van der Waals surface area contributed by atoms with Gasteiger partial charge in [0.15, 0.2) is 5.69 Å². The summed E-state index contributed by atoms with van der Waals surface area (Å²) in [5.74, 6) is 0.457. The first-order chi connectivity index (χ1) is 15.1. The van der Waals surface area contributed by atoms with Crippen LogP contribution in [0, 0.1) is 0 Å².